The molecule has 1 unspecified atom stereocenters. The van der Waals surface area contributed by atoms with E-state index in [1.54, 1.807) is 6.92 Å². The third kappa shape index (κ3) is 7.89. The average molecular weight is 529 g/mol. The molecule has 34 heavy (non-hydrogen) atoms. The van der Waals surface area contributed by atoms with E-state index in [-0.39, 0.29) is 28.2 Å². The molecule has 0 fully saturated rings. The zero-order valence-electron chi connectivity index (χ0n) is 20.2. The Kier molecular flexibility index (Phi) is 9.02. The van der Waals surface area contributed by atoms with Gasteiger partial charge in [0.05, 0.1) is 22.0 Å². The molecule has 2 rings (SSSR count). The number of amides is 2. The minimum Gasteiger partial charge on any atom is -0.350 e. The summed E-state index contributed by atoms with van der Waals surface area (Å²) >= 11 is 12.0. The van der Waals surface area contributed by atoms with Crippen molar-refractivity contribution in [1.82, 2.24) is 10.2 Å². The van der Waals surface area contributed by atoms with Crippen LogP contribution in [0.4, 0.5) is 5.69 Å². The van der Waals surface area contributed by atoms with Gasteiger partial charge >= 0.3 is 0 Å². The number of hydrogen-bond acceptors (Lipinski definition) is 4. The van der Waals surface area contributed by atoms with E-state index in [0.29, 0.717) is 0 Å². The van der Waals surface area contributed by atoms with Gasteiger partial charge in [-0.25, -0.2) is 8.42 Å². The summed E-state index contributed by atoms with van der Waals surface area (Å²) in [5.74, 6) is -0.873. The van der Waals surface area contributed by atoms with E-state index in [9.17, 15) is 18.0 Å². The van der Waals surface area contributed by atoms with Crippen molar-refractivity contribution in [2.75, 3.05) is 17.1 Å². The van der Waals surface area contributed by atoms with Gasteiger partial charge in [-0.05, 0) is 58.4 Å². The molecule has 0 radical (unpaired) electrons. The number of rotatable bonds is 8. The summed E-state index contributed by atoms with van der Waals surface area (Å²) in [6.07, 6.45) is 1.00. The third-order valence-corrected chi connectivity index (χ3v) is 6.89. The topological polar surface area (TPSA) is 86.8 Å². The number of nitrogens with one attached hydrogen (secondary N) is 1. The van der Waals surface area contributed by atoms with Crippen molar-refractivity contribution in [1.29, 1.82) is 0 Å². The maximum Gasteiger partial charge on any atom is 0.244 e. The van der Waals surface area contributed by atoms with Crippen molar-refractivity contribution in [3.8, 4) is 0 Å². The van der Waals surface area contributed by atoms with Crippen LogP contribution in [0.25, 0.3) is 0 Å². The van der Waals surface area contributed by atoms with Gasteiger partial charge in [0.25, 0.3) is 0 Å². The highest BCUT2D eigenvalue weighted by Gasteiger charge is 2.31. The molecule has 0 aliphatic carbocycles. The molecule has 0 saturated carbocycles. The molecule has 0 spiro atoms. The molecule has 2 aromatic rings. The van der Waals surface area contributed by atoms with Crippen LogP contribution in [-0.4, -0.2) is 49.5 Å². The van der Waals surface area contributed by atoms with E-state index in [4.69, 9.17) is 23.2 Å². The summed E-state index contributed by atoms with van der Waals surface area (Å²) in [5.41, 5.74) is 1.58. The fraction of sp³-hybridized carbons (Fsp3) is 0.417. The van der Waals surface area contributed by atoms with E-state index in [1.165, 1.54) is 23.1 Å². The number of anilines is 1. The Balaban J connectivity index is 2.41. The fourth-order valence-corrected chi connectivity index (χ4v) is 4.33. The average Bonchev–Trinajstić information content (AvgIpc) is 2.71. The molecule has 0 heterocycles. The molecule has 0 bridgehead atoms. The zero-order valence-corrected chi connectivity index (χ0v) is 22.6. The minimum absolute atomic E-state index is 0.136. The number of carbonyl (C=O) groups is 2. The fourth-order valence-electron chi connectivity index (χ4n) is 3.20. The Morgan fingerprint density at radius 1 is 1.03 bits per heavy atom. The second kappa shape index (κ2) is 11.0. The van der Waals surface area contributed by atoms with E-state index >= 15 is 0 Å². The molecule has 0 aromatic heterocycles. The normalized spacial score (nSPS) is 12.7. The second-order valence-corrected chi connectivity index (χ2v) is 12.0. The van der Waals surface area contributed by atoms with E-state index in [1.807, 2.05) is 52.0 Å². The van der Waals surface area contributed by atoms with E-state index < -0.39 is 34.1 Å². The van der Waals surface area contributed by atoms with Gasteiger partial charge in [-0.15, -0.1) is 0 Å². The molecule has 0 aliphatic heterocycles. The maximum atomic E-state index is 13.5. The van der Waals surface area contributed by atoms with Crippen LogP contribution in [0.15, 0.2) is 42.5 Å². The van der Waals surface area contributed by atoms with Gasteiger partial charge in [-0.2, -0.15) is 0 Å². The molecule has 0 aliphatic rings. The van der Waals surface area contributed by atoms with Crippen molar-refractivity contribution in [2.24, 2.45) is 0 Å². The number of carbonyl (C=O) groups excluding carboxylic acids is 2. The number of benzene rings is 2. The predicted octanol–water partition coefficient (Wildman–Crippen LogP) is 4.40. The van der Waals surface area contributed by atoms with Gasteiger partial charge in [0.1, 0.15) is 12.6 Å². The minimum atomic E-state index is -3.85. The van der Waals surface area contributed by atoms with Crippen molar-refractivity contribution < 1.29 is 18.0 Å². The Morgan fingerprint density at radius 3 is 2.12 bits per heavy atom. The molecule has 2 aromatic carbocycles. The first-order chi connectivity index (χ1) is 15.6. The lowest BCUT2D eigenvalue weighted by atomic mass is 10.1. The molecule has 7 nitrogen and oxygen atoms in total. The Morgan fingerprint density at radius 2 is 1.62 bits per heavy atom. The van der Waals surface area contributed by atoms with Crippen LogP contribution in [0.3, 0.4) is 0 Å². The lowest BCUT2D eigenvalue weighted by molar-refractivity contribution is -0.140. The molecule has 1 N–H and O–H groups in total. The van der Waals surface area contributed by atoms with Gasteiger partial charge in [0, 0.05) is 12.1 Å². The second-order valence-electron chi connectivity index (χ2n) is 9.29. The first-order valence-corrected chi connectivity index (χ1v) is 13.3. The Hall–Kier alpha value is -2.29. The largest absolute Gasteiger partial charge is 0.350 e. The molecule has 1 atom stereocenters. The van der Waals surface area contributed by atoms with Crippen LogP contribution in [-0.2, 0) is 26.2 Å². The van der Waals surface area contributed by atoms with Crippen molar-refractivity contribution in [3.05, 3.63) is 63.6 Å². The van der Waals surface area contributed by atoms with E-state index in [0.717, 1.165) is 21.7 Å². The Labute approximate surface area is 212 Å². The number of hydrogen-bond donors (Lipinski definition) is 1. The standard InChI is InChI=1S/C24H31Cl2N3O4S/c1-16-7-9-18(10-8-16)14-28(17(2)23(31)27-24(3,4)5)22(30)15-29(34(6,32)33)19-11-12-20(25)21(26)13-19/h7-13,17H,14-15H2,1-6H3,(H,27,31). The summed E-state index contributed by atoms with van der Waals surface area (Å²) < 4.78 is 26.1. The van der Waals surface area contributed by atoms with Crippen LogP contribution < -0.4 is 9.62 Å². The van der Waals surface area contributed by atoms with Crippen molar-refractivity contribution in [3.63, 3.8) is 0 Å². The monoisotopic (exact) mass is 527 g/mol. The van der Waals surface area contributed by atoms with Gasteiger partial charge in [-0.3, -0.25) is 13.9 Å². The summed E-state index contributed by atoms with van der Waals surface area (Å²) in [7, 11) is -3.85. The highest BCUT2D eigenvalue weighted by Crippen LogP contribution is 2.28. The molecular formula is C24H31Cl2N3O4S. The summed E-state index contributed by atoms with van der Waals surface area (Å²) in [6.45, 7) is 8.75. The van der Waals surface area contributed by atoms with Gasteiger partial charge in [0.2, 0.25) is 21.8 Å². The van der Waals surface area contributed by atoms with Crippen LogP contribution in [0.5, 0.6) is 0 Å². The van der Waals surface area contributed by atoms with Crippen molar-refractivity contribution in [2.45, 2.75) is 52.7 Å². The maximum absolute atomic E-state index is 13.5. The number of halogens is 2. The van der Waals surface area contributed by atoms with E-state index in [2.05, 4.69) is 5.32 Å². The van der Waals surface area contributed by atoms with Crippen LogP contribution in [0.1, 0.15) is 38.8 Å². The summed E-state index contributed by atoms with van der Waals surface area (Å²) in [5, 5.41) is 3.31. The van der Waals surface area contributed by atoms with Gasteiger partial charge < -0.3 is 10.2 Å². The van der Waals surface area contributed by atoms with Gasteiger partial charge in [0.15, 0.2) is 0 Å². The summed E-state index contributed by atoms with van der Waals surface area (Å²) in [6, 6.07) is 11.1. The smallest absolute Gasteiger partial charge is 0.244 e. The van der Waals surface area contributed by atoms with Crippen molar-refractivity contribution >= 4 is 50.7 Å². The first-order valence-electron chi connectivity index (χ1n) is 10.7. The zero-order chi connectivity index (χ0) is 25.8. The lowest BCUT2D eigenvalue weighted by Gasteiger charge is -2.33. The Bertz CT molecular complexity index is 1150. The molecule has 10 heteroatoms. The molecular weight excluding hydrogens is 497 g/mol. The van der Waals surface area contributed by atoms with Crippen LogP contribution >= 0.6 is 23.2 Å². The predicted molar refractivity (Wildman–Crippen MR) is 138 cm³/mol. The van der Waals surface area contributed by atoms with Gasteiger partial charge in [-0.1, -0.05) is 53.0 Å². The SMILES string of the molecule is Cc1ccc(CN(C(=O)CN(c2ccc(Cl)c(Cl)c2)S(C)(=O)=O)C(C)C(=O)NC(C)(C)C)cc1. The molecule has 2 amide bonds. The molecule has 0 saturated heterocycles. The number of aryl methyl sites for hydroxylation is 1. The lowest BCUT2D eigenvalue weighted by Crippen LogP contribution is -2.54. The number of sulfonamides is 1. The van der Waals surface area contributed by atoms with Crippen LogP contribution in [0, 0.1) is 6.92 Å². The summed E-state index contributed by atoms with van der Waals surface area (Å²) in [4.78, 5) is 27.8. The highest BCUT2D eigenvalue weighted by atomic mass is 35.5. The highest BCUT2D eigenvalue weighted by molar-refractivity contribution is 7.92. The quantitative estimate of drug-likeness (QED) is 0.551. The first kappa shape index (κ1) is 28.0. The third-order valence-electron chi connectivity index (χ3n) is 5.01. The molecule has 186 valence electrons. The van der Waals surface area contributed by atoms with Crippen LogP contribution in [0.2, 0.25) is 10.0 Å². The number of nitrogens with zero attached hydrogens (tertiary/aromatic N) is 2.